The third kappa shape index (κ3) is 3.40. The Labute approximate surface area is 92.7 Å². The molecule has 1 heteroatoms. The van der Waals surface area contributed by atoms with Gasteiger partial charge in [0.15, 0.2) is 0 Å². The van der Waals surface area contributed by atoms with E-state index in [9.17, 15) is 0 Å². The Kier molecular flexibility index (Phi) is 4.90. The van der Waals surface area contributed by atoms with Gasteiger partial charge in [-0.25, -0.2) is 0 Å². The molecule has 0 spiro atoms. The van der Waals surface area contributed by atoms with Crippen LogP contribution in [0.3, 0.4) is 0 Å². The highest BCUT2D eigenvalue weighted by molar-refractivity contribution is 5.32. The maximum Gasteiger partial charge on any atom is 0.0621 e. The van der Waals surface area contributed by atoms with Gasteiger partial charge in [-0.3, -0.25) is 0 Å². The van der Waals surface area contributed by atoms with Crippen LogP contribution < -0.4 is 0 Å². The van der Waals surface area contributed by atoms with Crippen LogP contribution in [-0.2, 0) is 19.3 Å². The molecule has 0 atom stereocenters. The van der Waals surface area contributed by atoms with Crippen molar-refractivity contribution in [2.24, 2.45) is 0 Å². The molecule has 0 saturated heterocycles. The molecular formula is C14H19N. The highest BCUT2D eigenvalue weighted by atomic mass is 14.2. The molecule has 0 aliphatic rings. The number of nitrogens with zero attached hydrogens (tertiary/aromatic N) is 1. The molecule has 0 amide bonds. The average Bonchev–Trinajstić information content (AvgIpc) is 2.29. The largest absolute Gasteiger partial charge is 0.198 e. The van der Waals surface area contributed by atoms with Gasteiger partial charge < -0.3 is 0 Å². The molecule has 0 aliphatic heterocycles. The van der Waals surface area contributed by atoms with Crippen molar-refractivity contribution < 1.29 is 0 Å². The van der Waals surface area contributed by atoms with Crippen molar-refractivity contribution in [3.63, 3.8) is 0 Å². The summed E-state index contributed by atoms with van der Waals surface area (Å²) < 4.78 is 0. The van der Waals surface area contributed by atoms with E-state index in [1.54, 1.807) is 0 Å². The van der Waals surface area contributed by atoms with Gasteiger partial charge in [0.25, 0.3) is 0 Å². The third-order valence-electron chi connectivity index (χ3n) is 2.79. The summed E-state index contributed by atoms with van der Waals surface area (Å²) >= 11 is 0. The van der Waals surface area contributed by atoms with E-state index in [1.807, 2.05) is 0 Å². The first-order valence-corrected chi connectivity index (χ1v) is 5.79. The third-order valence-corrected chi connectivity index (χ3v) is 2.79. The molecule has 1 aromatic rings. The van der Waals surface area contributed by atoms with Crippen molar-refractivity contribution in [2.45, 2.75) is 46.0 Å². The number of hydrogen-bond acceptors (Lipinski definition) is 1. The lowest BCUT2D eigenvalue weighted by Crippen LogP contribution is -1.95. The molecule has 1 nitrogen and oxygen atoms in total. The number of hydrogen-bond donors (Lipinski definition) is 0. The number of benzene rings is 1. The van der Waals surface area contributed by atoms with Crippen molar-refractivity contribution in [1.29, 1.82) is 5.26 Å². The average molecular weight is 201 g/mol. The van der Waals surface area contributed by atoms with Crippen molar-refractivity contribution in [3.8, 4) is 6.07 Å². The topological polar surface area (TPSA) is 23.8 Å². The maximum atomic E-state index is 8.52. The van der Waals surface area contributed by atoms with Gasteiger partial charge in [-0.15, -0.1) is 0 Å². The molecule has 0 bridgehead atoms. The lowest BCUT2D eigenvalue weighted by Gasteiger charge is -2.09. The van der Waals surface area contributed by atoms with Crippen LogP contribution in [0.15, 0.2) is 18.2 Å². The van der Waals surface area contributed by atoms with Crippen molar-refractivity contribution in [1.82, 2.24) is 0 Å². The van der Waals surface area contributed by atoms with Crippen LogP contribution in [0.1, 0.15) is 43.4 Å². The first kappa shape index (κ1) is 11.8. The van der Waals surface area contributed by atoms with Gasteiger partial charge in [0, 0.05) is 6.42 Å². The van der Waals surface area contributed by atoms with Crippen LogP contribution in [0, 0.1) is 11.3 Å². The van der Waals surface area contributed by atoms with Crippen molar-refractivity contribution in [2.75, 3.05) is 0 Å². The predicted molar refractivity (Wildman–Crippen MR) is 63.7 cm³/mol. The minimum atomic E-state index is 0.666. The normalized spacial score (nSPS) is 9.93. The van der Waals surface area contributed by atoms with Gasteiger partial charge in [0.1, 0.15) is 0 Å². The zero-order valence-corrected chi connectivity index (χ0v) is 9.71. The Morgan fingerprint density at radius 2 is 1.93 bits per heavy atom. The van der Waals surface area contributed by atoms with Gasteiger partial charge in [-0.1, -0.05) is 32.0 Å². The van der Waals surface area contributed by atoms with Gasteiger partial charge in [-0.2, -0.15) is 5.26 Å². The molecule has 0 unspecified atom stereocenters. The molecule has 15 heavy (non-hydrogen) atoms. The van der Waals surface area contributed by atoms with Crippen molar-refractivity contribution >= 4 is 0 Å². The van der Waals surface area contributed by atoms with E-state index >= 15 is 0 Å². The van der Waals surface area contributed by atoms with Gasteiger partial charge in [0.2, 0.25) is 0 Å². The second-order valence-corrected chi connectivity index (χ2v) is 3.82. The van der Waals surface area contributed by atoms with E-state index in [2.05, 4.69) is 38.1 Å². The van der Waals surface area contributed by atoms with E-state index in [0.29, 0.717) is 6.42 Å². The maximum absolute atomic E-state index is 8.52. The van der Waals surface area contributed by atoms with E-state index < -0.39 is 0 Å². The number of rotatable bonds is 5. The van der Waals surface area contributed by atoms with E-state index in [4.69, 9.17) is 5.26 Å². The predicted octanol–water partition coefficient (Wildman–Crippen LogP) is 3.66. The van der Waals surface area contributed by atoms with Gasteiger partial charge >= 0.3 is 0 Å². The van der Waals surface area contributed by atoms with Crippen LogP contribution in [-0.4, -0.2) is 0 Å². The molecule has 1 rings (SSSR count). The first-order valence-electron chi connectivity index (χ1n) is 5.79. The molecule has 0 heterocycles. The zero-order chi connectivity index (χ0) is 11.1. The fourth-order valence-electron chi connectivity index (χ4n) is 1.83. The Hall–Kier alpha value is -1.29. The summed E-state index contributed by atoms with van der Waals surface area (Å²) in [7, 11) is 0. The summed E-state index contributed by atoms with van der Waals surface area (Å²) in [6.07, 6.45) is 4.88. The van der Waals surface area contributed by atoms with E-state index in [0.717, 1.165) is 25.7 Å². The lowest BCUT2D eigenvalue weighted by atomic mass is 9.97. The standard InChI is InChI=1S/C14H19N/c1-3-12-8-9-13(4-2)14(11-12)7-5-6-10-15/h8-9,11H,3-7H2,1-2H3. The molecular weight excluding hydrogens is 182 g/mol. The van der Waals surface area contributed by atoms with Crippen LogP contribution in [0.25, 0.3) is 0 Å². The second kappa shape index (κ2) is 6.24. The van der Waals surface area contributed by atoms with Crippen LogP contribution >= 0.6 is 0 Å². The minimum absolute atomic E-state index is 0.666. The molecule has 0 N–H and O–H groups in total. The molecule has 0 aromatic heterocycles. The second-order valence-electron chi connectivity index (χ2n) is 3.82. The lowest BCUT2D eigenvalue weighted by molar-refractivity contribution is 0.835. The van der Waals surface area contributed by atoms with Gasteiger partial charge in [-0.05, 0) is 42.4 Å². The quantitative estimate of drug-likeness (QED) is 0.667. The molecule has 0 radical (unpaired) electrons. The summed E-state index contributed by atoms with van der Waals surface area (Å²) in [5.41, 5.74) is 4.27. The van der Waals surface area contributed by atoms with Crippen molar-refractivity contribution in [3.05, 3.63) is 34.9 Å². The fourth-order valence-corrected chi connectivity index (χ4v) is 1.83. The summed E-state index contributed by atoms with van der Waals surface area (Å²) in [4.78, 5) is 0. The molecule has 0 aliphatic carbocycles. The molecule has 0 saturated carbocycles. The van der Waals surface area contributed by atoms with Gasteiger partial charge in [0.05, 0.1) is 6.07 Å². The molecule has 80 valence electrons. The highest BCUT2D eigenvalue weighted by Gasteiger charge is 2.01. The summed E-state index contributed by atoms with van der Waals surface area (Å²) in [5, 5.41) is 8.52. The number of unbranched alkanes of at least 4 members (excludes halogenated alkanes) is 1. The highest BCUT2D eigenvalue weighted by Crippen LogP contribution is 2.16. The molecule has 1 aromatic carbocycles. The van der Waals surface area contributed by atoms with Crippen LogP contribution in [0.4, 0.5) is 0 Å². The Bertz CT molecular complexity index is 347. The zero-order valence-electron chi connectivity index (χ0n) is 9.71. The summed E-state index contributed by atoms with van der Waals surface area (Å²) in [5.74, 6) is 0. The summed E-state index contributed by atoms with van der Waals surface area (Å²) in [6, 6.07) is 8.96. The van der Waals surface area contributed by atoms with Crippen LogP contribution in [0.5, 0.6) is 0 Å². The van der Waals surface area contributed by atoms with Crippen LogP contribution in [0.2, 0.25) is 0 Å². The Balaban J connectivity index is 2.77. The minimum Gasteiger partial charge on any atom is -0.198 e. The fraction of sp³-hybridized carbons (Fsp3) is 0.500. The SMILES string of the molecule is CCc1ccc(CC)c(CCCC#N)c1. The Morgan fingerprint density at radius 1 is 1.13 bits per heavy atom. The Morgan fingerprint density at radius 3 is 2.53 bits per heavy atom. The molecule has 0 fully saturated rings. The number of aryl methyl sites for hydroxylation is 3. The monoisotopic (exact) mass is 201 g/mol. The number of nitriles is 1. The van der Waals surface area contributed by atoms with E-state index in [-0.39, 0.29) is 0 Å². The van der Waals surface area contributed by atoms with E-state index in [1.165, 1.54) is 16.7 Å². The smallest absolute Gasteiger partial charge is 0.0621 e. The summed E-state index contributed by atoms with van der Waals surface area (Å²) in [6.45, 7) is 4.37. The first-order chi connectivity index (χ1) is 7.31.